The van der Waals surface area contributed by atoms with Gasteiger partial charge in [-0.1, -0.05) is 0 Å². The minimum absolute atomic E-state index is 0.0339. The van der Waals surface area contributed by atoms with Crippen molar-refractivity contribution < 1.29 is 19.1 Å². The Morgan fingerprint density at radius 3 is 2.86 bits per heavy atom. The third-order valence-electron chi connectivity index (χ3n) is 3.04. The highest BCUT2D eigenvalue weighted by Gasteiger charge is 2.27. The van der Waals surface area contributed by atoms with Crippen LogP contribution in [-0.2, 0) is 14.3 Å². The number of ether oxygens (including phenoxy) is 2. The molecule has 1 fully saturated rings. The number of rotatable bonds is 3. The summed E-state index contributed by atoms with van der Waals surface area (Å²) < 4.78 is 9.93. The maximum absolute atomic E-state index is 12.2. The van der Waals surface area contributed by atoms with Crippen LogP contribution in [0.4, 0.5) is 0 Å². The maximum Gasteiger partial charge on any atom is 0.326 e. The molecule has 2 N–H and O–H groups in total. The molecule has 0 aromatic carbocycles. The number of carbonyl (C=O) groups is 2. The molecule has 1 atom stereocenters. The fraction of sp³-hybridized carbons (Fsp3) is 0.500. The van der Waals surface area contributed by atoms with Gasteiger partial charge in [0, 0.05) is 19.2 Å². The molecular formula is C12H15N3O6. The molecule has 114 valence electrons. The number of aromatic amines is 2. The molecule has 1 aliphatic rings. The molecule has 9 nitrogen and oxygen atoms in total. The molecule has 1 saturated heterocycles. The molecule has 1 aromatic heterocycles. The van der Waals surface area contributed by atoms with Gasteiger partial charge in [-0.05, 0) is 0 Å². The Bertz CT molecular complexity index is 621. The molecule has 2 heterocycles. The number of morpholine rings is 1. The Hall–Kier alpha value is -2.42. The zero-order valence-electron chi connectivity index (χ0n) is 11.4. The van der Waals surface area contributed by atoms with Gasteiger partial charge in [0.25, 0.3) is 11.5 Å². The third-order valence-corrected chi connectivity index (χ3v) is 3.04. The normalized spacial score (nSPS) is 18.3. The molecule has 2 rings (SSSR count). The second kappa shape index (κ2) is 6.35. The highest BCUT2D eigenvalue weighted by Crippen LogP contribution is 2.11. The number of nitrogens with one attached hydrogen (secondary N) is 2. The second-order valence-electron chi connectivity index (χ2n) is 4.53. The number of nitrogens with zero attached hydrogens (tertiary/aromatic N) is 1. The van der Waals surface area contributed by atoms with E-state index in [1.165, 1.54) is 12.0 Å². The zero-order chi connectivity index (χ0) is 15.4. The number of hydrogen-bond donors (Lipinski definition) is 2. The average molecular weight is 297 g/mol. The van der Waals surface area contributed by atoms with E-state index >= 15 is 0 Å². The molecule has 0 spiro atoms. The summed E-state index contributed by atoms with van der Waals surface area (Å²) in [6, 6.07) is 1.02. The fourth-order valence-electron chi connectivity index (χ4n) is 2.05. The number of amides is 1. The molecular weight excluding hydrogens is 282 g/mol. The Balaban J connectivity index is 2.10. The quantitative estimate of drug-likeness (QED) is 0.653. The van der Waals surface area contributed by atoms with Gasteiger partial charge < -0.3 is 19.4 Å². The number of methoxy groups -OCH3 is 1. The first kappa shape index (κ1) is 15.0. The van der Waals surface area contributed by atoms with Crippen molar-refractivity contribution in [3.63, 3.8) is 0 Å². The van der Waals surface area contributed by atoms with Crippen LogP contribution >= 0.6 is 0 Å². The van der Waals surface area contributed by atoms with Gasteiger partial charge in [0.05, 0.1) is 26.2 Å². The van der Waals surface area contributed by atoms with Gasteiger partial charge in [0.15, 0.2) is 0 Å². The predicted octanol–water partition coefficient (Wildman–Crippen LogP) is -1.53. The van der Waals surface area contributed by atoms with E-state index in [1.54, 1.807) is 0 Å². The molecule has 0 saturated carbocycles. The molecule has 1 amide bonds. The Morgan fingerprint density at radius 1 is 1.43 bits per heavy atom. The van der Waals surface area contributed by atoms with Gasteiger partial charge >= 0.3 is 11.7 Å². The van der Waals surface area contributed by atoms with E-state index in [2.05, 4.69) is 9.72 Å². The van der Waals surface area contributed by atoms with E-state index in [4.69, 9.17) is 4.74 Å². The van der Waals surface area contributed by atoms with E-state index in [1.807, 2.05) is 4.98 Å². The Labute approximate surface area is 118 Å². The van der Waals surface area contributed by atoms with Gasteiger partial charge in [-0.3, -0.25) is 19.4 Å². The number of hydrogen-bond acceptors (Lipinski definition) is 6. The van der Waals surface area contributed by atoms with Gasteiger partial charge in [0.2, 0.25) is 0 Å². The largest absolute Gasteiger partial charge is 0.469 e. The zero-order valence-corrected chi connectivity index (χ0v) is 11.4. The van der Waals surface area contributed by atoms with Crippen LogP contribution in [0.15, 0.2) is 15.7 Å². The van der Waals surface area contributed by atoms with Crippen molar-refractivity contribution in [2.45, 2.75) is 12.5 Å². The van der Waals surface area contributed by atoms with E-state index < -0.39 is 29.2 Å². The maximum atomic E-state index is 12.2. The van der Waals surface area contributed by atoms with Crippen molar-refractivity contribution in [3.8, 4) is 0 Å². The minimum atomic E-state index is -0.745. The summed E-state index contributed by atoms with van der Waals surface area (Å²) in [6.45, 7) is 0.759. The smallest absolute Gasteiger partial charge is 0.326 e. The van der Waals surface area contributed by atoms with Crippen LogP contribution in [0, 0.1) is 0 Å². The first-order valence-corrected chi connectivity index (χ1v) is 6.31. The number of H-pyrrole nitrogens is 2. The molecule has 9 heteroatoms. The van der Waals surface area contributed by atoms with Crippen molar-refractivity contribution in [1.29, 1.82) is 0 Å². The first-order chi connectivity index (χ1) is 9.99. The Morgan fingerprint density at radius 2 is 2.19 bits per heavy atom. The van der Waals surface area contributed by atoms with Crippen LogP contribution in [-0.4, -0.2) is 59.7 Å². The molecule has 0 bridgehead atoms. The minimum Gasteiger partial charge on any atom is -0.469 e. The summed E-state index contributed by atoms with van der Waals surface area (Å²) in [4.78, 5) is 51.5. The van der Waals surface area contributed by atoms with Crippen LogP contribution in [0.25, 0.3) is 0 Å². The van der Waals surface area contributed by atoms with E-state index in [-0.39, 0.29) is 25.3 Å². The van der Waals surface area contributed by atoms with Crippen LogP contribution in [0.5, 0.6) is 0 Å². The lowest BCUT2D eigenvalue weighted by Gasteiger charge is -2.32. The summed E-state index contributed by atoms with van der Waals surface area (Å²) in [6.07, 6.45) is -0.435. The topological polar surface area (TPSA) is 122 Å². The van der Waals surface area contributed by atoms with Gasteiger partial charge in [-0.15, -0.1) is 0 Å². The summed E-state index contributed by atoms with van der Waals surface area (Å²) in [5, 5.41) is 0. The van der Waals surface area contributed by atoms with E-state index in [0.717, 1.165) is 6.07 Å². The second-order valence-corrected chi connectivity index (χ2v) is 4.53. The monoisotopic (exact) mass is 297 g/mol. The fourth-order valence-corrected chi connectivity index (χ4v) is 2.05. The summed E-state index contributed by atoms with van der Waals surface area (Å²) in [5.41, 5.74) is -1.49. The highest BCUT2D eigenvalue weighted by atomic mass is 16.5. The van der Waals surface area contributed by atoms with E-state index in [9.17, 15) is 19.2 Å². The van der Waals surface area contributed by atoms with Gasteiger partial charge in [-0.25, -0.2) is 4.79 Å². The number of esters is 1. The van der Waals surface area contributed by atoms with Crippen LogP contribution in [0.1, 0.15) is 16.9 Å². The standard InChI is InChI=1S/C12H15N3O6/c1-20-10(17)4-7-6-15(2-3-21-7)11(18)8-5-9(16)14-12(19)13-8/h5,7H,2-4,6H2,1H3,(H2,13,14,16,19). The summed E-state index contributed by atoms with van der Waals surface area (Å²) >= 11 is 0. The number of carbonyl (C=O) groups excluding carboxylic acids is 2. The van der Waals surface area contributed by atoms with Gasteiger partial charge in [-0.2, -0.15) is 0 Å². The lowest BCUT2D eigenvalue weighted by atomic mass is 10.2. The molecule has 1 unspecified atom stereocenters. The highest BCUT2D eigenvalue weighted by molar-refractivity contribution is 5.92. The van der Waals surface area contributed by atoms with Crippen molar-refractivity contribution in [2.24, 2.45) is 0 Å². The summed E-state index contributed by atoms with van der Waals surface area (Å²) in [5.74, 6) is -0.921. The third kappa shape index (κ3) is 3.78. The van der Waals surface area contributed by atoms with Crippen LogP contribution in [0.3, 0.4) is 0 Å². The Kier molecular flexibility index (Phi) is 4.53. The van der Waals surface area contributed by atoms with Gasteiger partial charge in [0.1, 0.15) is 5.69 Å². The SMILES string of the molecule is COC(=O)CC1CN(C(=O)c2cc(=O)[nH]c(=O)[nH]2)CCO1. The predicted molar refractivity (Wildman–Crippen MR) is 70.0 cm³/mol. The van der Waals surface area contributed by atoms with Crippen LogP contribution in [0.2, 0.25) is 0 Å². The molecule has 1 aliphatic heterocycles. The van der Waals surface area contributed by atoms with Crippen LogP contribution < -0.4 is 11.2 Å². The lowest BCUT2D eigenvalue weighted by Crippen LogP contribution is -2.47. The molecule has 0 radical (unpaired) electrons. The number of aromatic nitrogens is 2. The van der Waals surface area contributed by atoms with Crippen molar-refractivity contribution >= 4 is 11.9 Å². The molecule has 0 aliphatic carbocycles. The van der Waals surface area contributed by atoms with Crippen molar-refractivity contribution in [1.82, 2.24) is 14.9 Å². The average Bonchev–Trinajstić information content (AvgIpc) is 2.45. The lowest BCUT2D eigenvalue weighted by molar-refractivity contribution is -0.145. The first-order valence-electron chi connectivity index (χ1n) is 6.31. The van der Waals surface area contributed by atoms with E-state index in [0.29, 0.717) is 6.54 Å². The summed E-state index contributed by atoms with van der Waals surface area (Å²) in [7, 11) is 1.27. The molecule has 1 aromatic rings. The van der Waals surface area contributed by atoms with Crippen molar-refractivity contribution in [2.75, 3.05) is 26.8 Å². The molecule has 21 heavy (non-hydrogen) atoms. The van der Waals surface area contributed by atoms with Crippen molar-refractivity contribution in [3.05, 3.63) is 32.6 Å².